The molecule has 10 rings (SSSR count). The molecule has 2 fully saturated rings. The lowest BCUT2D eigenvalue weighted by atomic mass is 9.85. The Morgan fingerprint density at radius 2 is 1.65 bits per heavy atom. The molecular weight excluding hydrogens is 1060 g/mol. The number of aliphatic imine (C=N–C) groups is 1. The van der Waals surface area contributed by atoms with E-state index in [0.717, 1.165) is 54.0 Å². The second-order valence-corrected chi connectivity index (χ2v) is 24.2. The molecule has 18 nitrogen and oxygen atoms in total. The summed E-state index contributed by atoms with van der Waals surface area (Å²) in [5.41, 5.74) is 13.6. The van der Waals surface area contributed by atoms with Crippen LogP contribution in [-0.4, -0.2) is 103 Å². The highest BCUT2D eigenvalue weighted by molar-refractivity contribution is 7.15. The average molecular weight is 1130 g/mol. The van der Waals surface area contributed by atoms with Crippen molar-refractivity contribution in [1.29, 1.82) is 0 Å². The maximum atomic E-state index is 14.7. The van der Waals surface area contributed by atoms with Gasteiger partial charge in [-0.3, -0.25) is 33.5 Å². The van der Waals surface area contributed by atoms with E-state index in [0.29, 0.717) is 46.2 Å². The van der Waals surface area contributed by atoms with Gasteiger partial charge in [0.05, 0.1) is 47.2 Å². The number of aromatic nitrogens is 4. The second kappa shape index (κ2) is 22.5. The number of halogens is 1. The summed E-state index contributed by atoms with van der Waals surface area (Å²) in [5, 5.41) is 20.3. The zero-order valence-corrected chi connectivity index (χ0v) is 47.6. The van der Waals surface area contributed by atoms with Crippen molar-refractivity contribution in [2.24, 2.45) is 16.1 Å². The SMILES string of the molecule is Cc1ncsc1-c1ccc([C@H](C)NC(=O)[C@@H]2C[C@@H](OC(=O)CCN)CN2C(=O)[C@@H](NC(=O)c2cc3cc(OC4CC(NC(=O)C[C@@H]5N=C(c6ccc(Cl)cc6)c6c(sc(C)c6C)-n6c(C)nnc65)C4)ccc3o2)C(C)(C)C)cc1. The Labute approximate surface area is 470 Å². The van der Waals surface area contributed by atoms with Crippen LogP contribution in [0.5, 0.6) is 5.75 Å². The van der Waals surface area contributed by atoms with Gasteiger partial charge in [0.2, 0.25) is 17.7 Å². The van der Waals surface area contributed by atoms with E-state index < -0.39 is 59.4 Å². The number of nitrogens with one attached hydrogen (secondary N) is 3. The maximum absolute atomic E-state index is 14.7. The lowest BCUT2D eigenvalue weighted by Gasteiger charge is -2.36. The first kappa shape index (κ1) is 55.1. The van der Waals surface area contributed by atoms with Crippen molar-refractivity contribution in [3.63, 3.8) is 0 Å². The van der Waals surface area contributed by atoms with Gasteiger partial charge in [0.25, 0.3) is 5.91 Å². The molecule has 79 heavy (non-hydrogen) atoms. The molecule has 2 aliphatic heterocycles. The standard InChI is InChI=1S/C58H63ClN10O8S2/c1-29-32(4)79-57-49(29)50(35-13-15-38(59)16-14-35)64-43(53-67-66-33(5)69(53)57)26-47(70)63-39-23-41(24-39)75-40-17-18-45-37(21-40)22-46(77-45)55(73)65-52(58(6,7)8)56(74)68-27-42(76-48(71)19-20-60)25-44(68)54(72)62-30(2)34-9-11-36(12-10-34)51-31(3)61-28-78-51/h9-18,21-22,28,30,39,41-44,52H,19-20,23-27,60H2,1-8H3,(H,62,72)(H,63,70)(H,65,73)/t30-,39?,41?,42+,43-,44-,52+/m0/s1. The summed E-state index contributed by atoms with van der Waals surface area (Å²) in [7, 11) is 0. The van der Waals surface area contributed by atoms with Crippen molar-refractivity contribution in [2.75, 3.05) is 13.1 Å². The molecule has 3 aliphatic rings. The summed E-state index contributed by atoms with van der Waals surface area (Å²) in [5.74, 6) is -0.406. The first-order chi connectivity index (χ1) is 37.7. The van der Waals surface area contributed by atoms with Gasteiger partial charge in [-0.15, -0.1) is 32.9 Å². The van der Waals surface area contributed by atoms with Crippen LogP contribution in [0.25, 0.3) is 26.4 Å². The molecule has 412 valence electrons. The molecule has 6 heterocycles. The third kappa shape index (κ3) is 11.6. The van der Waals surface area contributed by atoms with Crippen LogP contribution in [0.1, 0.15) is 127 Å². The topological polar surface area (TPSA) is 238 Å². The van der Waals surface area contributed by atoms with Gasteiger partial charge in [0, 0.05) is 58.3 Å². The maximum Gasteiger partial charge on any atom is 0.307 e. The Bertz CT molecular complexity index is 3500. The van der Waals surface area contributed by atoms with E-state index in [4.69, 9.17) is 36.2 Å². The predicted octanol–water partition coefficient (Wildman–Crippen LogP) is 8.98. The summed E-state index contributed by atoms with van der Waals surface area (Å²) in [6, 6.07) is 19.0. The number of carbonyl (C=O) groups excluding carboxylic acids is 5. The van der Waals surface area contributed by atoms with E-state index in [2.05, 4.69) is 45.0 Å². The van der Waals surface area contributed by atoms with Gasteiger partial charge in [0.1, 0.15) is 52.5 Å². The number of likely N-dealkylation sites (tertiary alicyclic amines) is 1. The van der Waals surface area contributed by atoms with Crippen LogP contribution in [0.2, 0.25) is 5.02 Å². The number of thiophene rings is 1. The third-order valence-electron chi connectivity index (χ3n) is 14.9. The molecule has 5 atom stereocenters. The molecule has 7 aromatic rings. The number of hydrogen-bond acceptors (Lipinski definition) is 15. The highest BCUT2D eigenvalue weighted by atomic mass is 35.5. The van der Waals surface area contributed by atoms with E-state index in [9.17, 15) is 24.0 Å². The Kier molecular flexibility index (Phi) is 15.7. The zero-order chi connectivity index (χ0) is 56.0. The summed E-state index contributed by atoms with van der Waals surface area (Å²) in [6.45, 7) is 15.4. The van der Waals surface area contributed by atoms with Crippen molar-refractivity contribution in [3.05, 3.63) is 134 Å². The van der Waals surface area contributed by atoms with Crippen molar-refractivity contribution < 1.29 is 37.9 Å². The minimum Gasteiger partial charge on any atom is -0.490 e. The first-order valence-corrected chi connectivity index (χ1v) is 28.5. The van der Waals surface area contributed by atoms with Gasteiger partial charge in [-0.05, 0) is 93.1 Å². The number of esters is 1. The quantitative estimate of drug-likeness (QED) is 0.0664. The van der Waals surface area contributed by atoms with Gasteiger partial charge in [-0.2, -0.15) is 0 Å². The van der Waals surface area contributed by atoms with Crippen LogP contribution in [0, 0.1) is 33.1 Å². The van der Waals surface area contributed by atoms with Gasteiger partial charge in [-0.1, -0.05) is 68.8 Å². The molecule has 21 heteroatoms. The lowest BCUT2D eigenvalue weighted by Crippen LogP contribution is -2.57. The predicted molar refractivity (Wildman–Crippen MR) is 303 cm³/mol. The summed E-state index contributed by atoms with van der Waals surface area (Å²) in [6.07, 6.45) is 0.322. The second-order valence-electron chi connectivity index (χ2n) is 21.7. The van der Waals surface area contributed by atoms with Gasteiger partial charge in [0.15, 0.2) is 11.6 Å². The third-order valence-corrected chi connectivity index (χ3v) is 17.3. The Morgan fingerprint density at radius 1 is 0.911 bits per heavy atom. The monoisotopic (exact) mass is 1130 g/mol. The minimum absolute atomic E-state index is 0.0159. The number of rotatable bonds is 16. The molecule has 0 spiro atoms. The van der Waals surface area contributed by atoms with Crippen LogP contribution in [0.3, 0.4) is 0 Å². The molecular formula is C58H63ClN10O8S2. The van der Waals surface area contributed by atoms with Crippen LogP contribution in [-0.2, 0) is 23.9 Å². The number of thiazole rings is 1. The van der Waals surface area contributed by atoms with E-state index in [-0.39, 0.29) is 56.2 Å². The van der Waals surface area contributed by atoms with Crippen LogP contribution in [0.4, 0.5) is 0 Å². The fraction of sp³-hybridized carbons (Fsp3) is 0.397. The first-order valence-electron chi connectivity index (χ1n) is 26.4. The van der Waals surface area contributed by atoms with Gasteiger partial charge in [-0.25, -0.2) is 4.98 Å². The number of carbonyl (C=O) groups is 5. The number of nitrogens with zero attached hydrogens (tertiary/aromatic N) is 6. The van der Waals surface area contributed by atoms with Crippen molar-refractivity contribution in [3.8, 4) is 21.2 Å². The Balaban J connectivity index is 0.774. The molecule has 4 aromatic heterocycles. The number of amides is 4. The van der Waals surface area contributed by atoms with Crippen LogP contribution < -0.4 is 26.4 Å². The molecule has 4 amide bonds. The lowest BCUT2D eigenvalue weighted by molar-refractivity contribution is -0.149. The molecule has 0 unspecified atom stereocenters. The largest absolute Gasteiger partial charge is 0.490 e. The normalized spacial score (nSPS) is 19.5. The highest BCUT2D eigenvalue weighted by Gasteiger charge is 2.47. The summed E-state index contributed by atoms with van der Waals surface area (Å²) >= 11 is 9.50. The van der Waals surface area contributed by atoms with Crippen molar-refractivity contribution in [1.82, 2.24) is 40.6 Å². The number of benzene rings is 3. The van der Waals surface area contributed by atoms with Gasteiger partial charge >= 0.3 is 5.97 Å². The van der Waals surface area contributed by atoms with Crippen LogP contribution >= 0.6 is 34.3 Å². The molecule has 0 bridgehead atoms. The number of hydrogen-bond donors (Lipinski definition) is 4. The Morgan fingerprint density at radius 3 is 2.34 bits per heavy atom. The smallest absolute Gasteiger partial charge is 0.307 e. The number of nitrogens with two attached hydrogens (primary N) is 1. The Hall–Kier alpha value is -7.26. The molecule has 1 saturated heterocycles. The number of fused-ring (bicyclic) bond motifs is 4. The average Bonchev–Trinajstić information content (AvgIpc) is 4.37. The van der Waals surface area contributed by atoms with Crippen molar-refractivity contribution >= 4 is 80.6 Å². The molecule has 1 saturated carbocycles. The van der Waals surface area contributed by atoms with Gasteiger partial charge < -0.3 is 40.5 Å². The molecule has 3 aromatic carbocycles. The van der Waals surface area contributed by atoms with Crippen molar-refractivity contribution in [2.45, 2.75) is 130 Å². The molecule has 5 N–H and O–H groups in total. The zero-order valence-electron chi connectivity index (χ0n) is 45.2. The van der Waals surface area contributed by atoms with E-state index in [1.165, 1.54) is 4.90 Å². The van der Waals surface area contributed by atoms with E-state index in [1.54, 1.807) is 52.4 Å². The minimum atomic E-state index is -1.12. The van der Waals surface area contributed by atoms with E-state index in [1.807, 2.05) is 94.6 Å². The summed E-state index contributed by atoms with van der Waals surface area (Å²) in [4.78, 5) is 82.6. The fourth-order valence-corrected chi connectivity index (χ4v) is 12.6. The highest BCUT2D eigenvalue weighted by Crippen LogP contribution is 2.40. The van der Waals surface area contributed by atoms with Crippen LogP contribution in [0.15, 0.2) is 87.7 Å². The fourth-order valence-electron chi connectivity index (χ4n) is 10.4. The number of ether oxygens (including phenoxy) is 2. The van der Waals surface area contributed by atoms with E-state index >= 15 is 0 Å². The summed E-state index contributed by atoms with van der Waals surface area (Å²) < 4.78 is 20.1. The molecule has 1 aliphatic carbocycles. The number of aryl methyl sites for hydroxylation is 3. The molecule has 0 radical (unpaired) electrons. The number of furan rings is 1.